The number of ketones is 1. The number of carbonyl (C=O) groups is 3. The Kier molecular flexibility index (Phi) is 5.92. The molecule has 7 nitrogen and oxygen atoms in total. The van der Waals surface area contributed by atoms with Crippen molar-refractivity contribution in [2.24, 2.45) is 0 Å². The molecule has 2 amide bonds. The smallest absolute Gasteiger partial charge is 0.294 e. The zero-order valence-corrected chi connectivity index (χ0v) is 19.0. The number of rotatable bonds is 4. The zero-order chi connectivity index (χ0) is 23.7. The number of anilines is 1. The summed E-state index contributed by atoms with van der Waals surface area (Å²) in [6.07, 6.45) is 2.34. The maximum atomic E-state index is 13.5. The Bertz CT molecular complexity index is 1220. The van der Waals surface area contributed by atoms with Gasteiger partial charge in [0, 0.05) is 24.2 Å². The predicted octanol–water partition coefficient (Wildman–Crippen LogP) is 4.57. The molecule has 3 aromatic rings. The fourth-order valence-electron chi connectivity index (χ4n) is 4.48. The van der Waals surface area contributed by atoms with E-state index in [0.717, 1.165) is 37.9 Å². The summed E-state index contributed by atoms with van der Waals surface area (Å²) in [5.41, 5.74) is 1.99. The van der Waals surface area contributed by atoms with E-state index in [2.05, 4.69) is 0 Å². The van der Waals surface area contributed by atoms with Crippen LogP contribution in [0.5, 0.6) is 5.75 Å². The SMILES string of the molecule is CC(=O)c1ccc(-c2ccc(C(=O)N3CC(C(=O)N4CCCCC4)Oc4ccccc43)o2)cc1. The number of Topliss-reactive ketones (excluding diaryl/α,β-unsaturated/α-hetero) is 1. The van der Waals surface area contributed by atoms with Crippen LogP contribution in [0.4, 0.5) is 5.69 Å². The molecule has 174 valence electrons. The third kappa shape index (κ3) is 4.21. The topological polar surface area (TPSA) is 80.1 Å². The van der Waals surface area contributed by atoms with E-state index in [-0.39, 0.29) is 29.9 Å². The standard InChI is InChI=1S/C27H26N2O5/c1-18(30)19-9-11-20(12-10-19)22-13-14-24(33-22)27(32)29-17-25(26(31)28-15-5-2-6-16-28)34-23-8-4-3-7-21(23)29/h3-4,7-14,25H,2,5-6,15-17H2,1H3. The molecule has 0 bridgehead atoms. The second kappa shape index (κ2) is 9.17. The molecular formula is C27H26N2O5. The molecule has 2 aliphatic heterocycles. The maximum absolute atomic E-state index is 13.5. The summed E-state index contributed by atoms with van der Waals surface area (Å²) in [6, 6.07) is 17.7. The minimum absolute atomic E-state index is 0.0125. The number of hydrogen-bond acceptors (Lipinski definition) is 5. The Morgan fingerprint density at radius 2 is 1.62 bits per heavy atom. The van der Waals surface area contributed by atoms with Gasteiger partial charge in [-0.3, -0.25) is 19.3 Å². The summed E-state index contributed by atoms with van der Waals surface area (Å²) in [4.78, 5) is 41.6. The van der Waals surface area contributed by atoms with Gasteiger partial charge in [-0.25, -0.2) is 0 Å². The largest absolute Gasteiger partial charge is 0.476 e. The van der Waals surface area contributed by atoms with Crippen LogP contribution in [0.1, 0.15) is 47.1 Å². The second-order valence-electron chi connectivity index (χ2n) is 8.67. The van der Waals surface area contributed by atoms with Gasteiger partial charge >= 0.3 is 0 Å². The number of nitrogens with zero attached hydrogens (tertiary/aromatic N) is 2. The fourth-order valence-corrected chi connectivity index (χ4v) is 4.48. The first-order chi connectivity index (χ1) is 16.5. The van der Waals surface area contributed by atoms with Crippen LogP contribution in [0.15, 0.2) is 65.1 Å². The van der Waals surface area contributed by atoms with Crippen LogP contribution >= 0.6 is 0 Å². The second-order valence-corrected chi connectivity index (χ2v) is 8.67. The molecule has 0 saturated carbocycles. The third-order valence-corrected chi connectivity index (χ3v) is 6.35. The molecule has 7 heteroatoms. The van der Waals surface area contributed by atoms with Gasteiger partial charge in [0.1, 0.15) is 11.5 Å². The van der Waals surface area contributed by atoms with Crippen LogP contribution in [-0.4, -0.2) is 48.2 Å². The molecule has 1 saturated heterocycles. The van der Waals surface area contributed by atoms with E-state index in [4.69, 9.17) is 9.15 Å². The number of carbonyl (C=O) groups excluding carboxylic acids is 3. The summed E-state index contributed by atoms with van der Waals surface area (Å²) in [6.45, 7) is 3.08. The quantitative estimate of drug-likeness (QED) is 0.535. The van der Waals surface area contributed by atoms with Crippen LogP contribution in [0.2, 0.25) is 0 Å². The highest BCUT2D eigenvalue weighted by Gasteiger charge is 2.37. The molecule has 1 unspecified atom stereocenters. The van der Waals surface area contributed by atoms with Gasteiger partial charge in [-0.05, 0) is 50.5 Å². The van der Waals surface area contributed by atoms with Gasteiger partial charge in [0.05, 0.1) is 12.2 Å². The van der Waals surface area contributed by atoms with Crippen LogP contribution in [0.3, 0.4) is 0 Å². The van der Waals surface area contributed by atoms with E-state index in [9.17, 15) is 14.4 Å². The van der Waals surface area contributed by atoms with Crippen LogP contribution in [0, 0.1) is 0 Å². The van der Waals surface area contributed by atoms with Gasteiger partial charge in [-0.1, -0.05) is 36.4 Å². The lowest BCUT2D eigenvalue weighted by Crippen LogP contribution is -2.52. The van der Waals surface area contributed by atoms with Crippen molar-refractivity contribution in [3.63, 3.8) is 0 Å². The molecule has 1 atom stereocenters. The van der Waals surface area contributed by atoms with Crippen molar-refractivity contribution in [3.8, 4) is 17.1 Å². The van der Waals surface area contributed by atoms with E-state index in [0.29, 0.717) is 22.8 Å². The number of piperidine rings is 1. The summed E-state index contributed by atoms with van der Waals surface area (Å²) in [5, 5.41) is 0. The minimum atomic E-state index is -0.759. The lowest BCUT2D eigenvalue weighted by Gasteiger charge is -2.37. The molecular weight excluding hydrogens is 432 g/mol. The number of para-hydroxylation sites is 2. The lowest BCUT2D eigenvalue weighted by atomic mass is 10.1. The number of ether oxygens (including phenoxy) is 1. The third-order valence-electron chi connectivity index (χ3n) is 6.35. The van der Waals surface area contributed by atoms with Crippen molar-refractivity contribution in [1.82, 2.24) is 4.90 Å². The Hall–Kier alpha value is -3.87. The molecule has 2 aromatic carbocycles. The first-order valence-electron chi connectivity index (χ1n) is 11.6. The highest BCUT2D eigenvalue weighted by atomic mass is 16.5. The molecule has 1 aromatic heterocycles. The van der Waals surface area contributed by atoms with E-state index in [1.807, 2.05) is 17.0 Å². The Morgan fingerprint density at radius 3 is 2.35 bits per heavy atom. The average Bonchev–Trinajstić information content (AvgIpc) is 3.38. The van der Waals surface area contributed by atoms with E-state index >= 15 is 0 Å². The monoisotopic (exact) mass is 458 g/mol. The van der Waals surface area contributed by atoms with Crippen molar-refractivity contribution in [1.29, 1.82) is 0 Å². The molecule has 0 spiro atoms. The van der Waals surface area contributed by atoms with E-state index < -0.39 is 6.10 Å². The van der Waals surface area contributed by atoms with Gasteiger partial charge in [0.15, 0.2) is 17.6 Å². The normalized spacial score (nSPS) is 17.6. The number of amides is 2. The Morgan fingerprint density at radius 1 is 0.882 bits per heavy atom. The van der Waals surface area contributed by atoms with E-state index in [1.54, 1.807) is 53.4 Å². The fraction of sp³-hybridized carbons (Fsp3) is 0.296. The molecule has 0 N–H and O–H groups in total. The van der Waals surface area contributed by atoms with Crippen molar-refractivity contribution in [2.45, 2.75) is 32.3 Å². The molecule has 0 radical (unpaired) electrons. The molecule has 3 heterocycles. The van der Waals surface area contributed by atoms with Gasteiger partial charge in [-0.15, -0.1) is 0 Å². The van der Waals surface area contributed by atoms with Gasteiger partial charge in [0.2, 0.25) is 0 Å². The molecule has 2 aliphatic rings. The average molecular weight is 459 g/mol. The van der Waals surface area contributed by atoms with Crippen molar-refractivity contribution < 1.29 is 23.5 Å². The number of fused-ring (bicyclic) bond motifs is 1. The number of furan rings is 1. The number of benzene rings is 2. The van der Waals surface area contributed by atoms with Gasteiger partial charge in [0.25, 0.3) is 11.8 Å². The number of likely N-dealkylation sites (tertiary alicyclic amines) is 1. The summed E-state index contributed by atoms with van der Waals surface area (Å²) in [5.74, 6) is 0.773. The van der Waals surface area contributed by atoms with Crippen LogP contribution in [0.25, 0.3) is 11.3 Å². The molecule has 34 heavy (non-hydrogen) atoms. The van der Waals surface area contributed by atoms with Crippen molar-refractivity contribution >= 4 is 23.3 Å². The maximum Gasteiger partial charge on any atom is 0.294 e. The van der Waals surface area contributed by atoms with Crippen LogP contribution in [-0.2, 0) is 4.79 Å². The summed E-state index contributed by atoms with van der Waals surface area (Å²) >= 11 is 0. The van der Waals surface area contributed by atoms with E-state index in [1.165, 1.54) is 6.92 Å². The van der Waals surface area contributed by atoms with Gasteiger partial charge < -0.3 is 14.1 Å². The van der Waals surface area contributed by atoms with Crippen molar-refractivity contribution in [3.05, 3.63) is 72.0 Å². The summed E-state index contributed by atoms with van der Waals surface area (Å²) < 4.78 is 11.9. The Balaban J connectivity index is 1.40. The highest BCUT2D eigenvalue weighted by Crippen LogP contribution is 2.35. The van der Waals surface area contributed by atoms with Crippen LogP contribution < -0.4 is 9.64 Å². The molecule has 5 rings (SSSR count). The van der Waals surface area contributed by atoms with Crippen molar-refractivity contribution in [2.75, 3.05) is 24.5 Å². The zero-order valence-electron chi connectivity index (χ0n) is 19.0. The molecule has 1 fully saturated rings. The highest BCUT2D eigenvalue weighted by molar-refractivity contribution is 6.06. The van der Waals surface area contributed by atoms with Gasteiger partial charge in [-0.2, -0.15) is 0 Å². The lowest BCUT2D eigenvalue weighted by molar-refractivity contribution is -0.139. The summed E-state index contributed by atoms with van der Waals surface area (Å²) in [7, 11) is 0. The first kappa shape index (κ1) is 21.9. The number of hydrogen-bond donors (Lipinski definition) is 0. The first-order valence-corrected chi connectivity index (χ1v) is 11.6. The predicted molar refractivity (Wildman–Crippen MR) is 127 cm³/mol. The Labute approximate surface area is 197 Å². The molecule has 0 aliphatic carbocycles. The minimum Gasteiger partial charge on any atom is -0.476 e.